The van der Waals surface area contributed by atoms with Crippen molar-refractivity contribution in [2.45, 2.75) is 87.6 Å². The minimum absolute atomic E-state index is 0.0270. The number of benzene rings is 1. The number of amides is 1. The van der Waals surface area contributed by atoms with Crippen LogP contribution in [0.3, 0.4) is 0 Å². The second-order valence-electron chi connectivity index (χ2n) is 11.7. The summed E-state index contributed by atoms with van der Waals surface area (Å²) in [4.78, 5) is 22.5. The van der Waals surface area contributed by atoms with Gasteiger partial charge < -0.3 is 24.9 Å². The Morgan fingerprint density at radius 3 is 2.70 bits per heavy atom. The maximum absolute atomic E-state index is 12.0. The average molecular weight is 504 g/mol. The first-order valence-electron chi connectivity index (χ1n) is 13.4. The van der Waals surface area contributed by atoms with Crippen molar-refractivity contribution in [1.82, 2.24) is 19.4 Å². The number of carbonyl (C=O) groups is 1. The normalized spacial score (nSPS) is 29.3. The lowest BCUT2D eigenvalue weighted by Crippen LogP contribution is -2.52. The summed E-state index contributed by atoms with van der Waals surface area (Å²) < 4.78 is 14.6. The molecule has 37 heavy (non-hydrogen) atoms. The van der Waals surface area contributed by atoms with E-state index in [1.54, 1.807) is 4.90 Å². The number of anilines is 1. The van der Waals surface area contributed by atoms with Gasteiger partial charge in [-0.2, -0.15) is 0 Å². The number of ether oxygens (including phenoxy) is 2. The molecule has 4 fully saturated rings. The summed E-state index contributed by atoms with van der Waals surface area (Å²) in [6, 6.07) is 8.27. The van der Waals surface area contributed by atoms with Crippen LogP contribution >= 0.6 is 0 Å². The summed E-state index contributed by atoms with van der Waals surface area (Å²) in [5.74, 6) is 1.24. The maximum atomic E-state index is 12.0. The lowest BCUT2D eigenvalue weighted by Gasteiger charge is -2.45. The zero-order valence-electron chi connectivity index (χ0n) is 21.1. The van der Waals surface area contributed by atoms with Crippen molar-refractivity contribution in [3.8, 4) is 16.9 Å². The van der Waals surface area contributed by atoms with Crippen LogP contribution < -0.4 is 10.5 Å². The molecular weight excluding hydrogens is 470 g/mol. The highest BCUT2D eigenvalue weighted by Gasteiger charge is 2.52. The fourth-order valence-electron chi connectivity index (χ4n) is 6.71. The van der Waals surface area contributed by atoms with E-state index >= 15 is 0 Å². The molecule has 0 spiro atoms. The van der Waals surface area contributed by atoms with Crippen LogP contribution in [0.1, 0.15) is 64.3 Å². The smallest absolute Gasteiger partial charge is 0.408 e. The first-order chi connectivity index (χ1) is 17.8. The summed E-state index contributed by atoms with van der Waals surface area (Å²) in [7, 11) is 0. The number of carboxylic acid groups (broad SMARTS) is 1. The molecule has 9 heteroatoms. The van der Waals surface area contributed by atoms with Crippen molar-refractivity contribution >= 4 is 22.9 Å². The molecule has 0 radical (unpaired) electrons. The highest BCUT2D eigenvalue weighted by atomic mass is 16.6. The molecule has 2 bridgehead atoms. The van der Waals surface area contributed by atoms with Crippen molar-refractivity contribution in [2.75, 3.05) is 12.3 Å². The largest absolute Gasteiger partial charge is 0.491 e. The van der Waals surface area contributed by atoms with E-state index < -0.39 is 6.09 Å². The number of nitrogen functional groups attached to an aromatic ring is 1. The Bertz CT molecular complexity index is 1370. The zero-order valence-corrected chi connectivity index (χ0v) is 21.1. The van der Waals surface area contributed by atoms with Crippen LogP contribution in [0, 0.1) is 0 Å². The number of nitrogens with two attached hydrogens (primary N) is 1. The Balaban J connectivity index is 1.16. The second kappa shape index (κ2) is 8.08. The van der Waals surface area contributed by atoms with Gasteiger partial charge in [0, 0.05) is 29.4 Å². The summed E-state index contributed by atoms with van der Waals surface area (Å²) >= 11 is 0. The minimum atomic E-state index is -0.819. The third-order valence-electron chi connectivity index (χ3n) is 9.15. The topological polar surface area (TPSA) is 116 Å². The fourth-order valence-corrected chi connectivity index (χ4v) is 6.71. The van der Waals surface area contributed by atoms with Gasteiger partial charge in [0.1, 0.15) is 35.7 Å². The molecule has 4 heterocycles. The number of rotatable bonds is 7. The van der Waals surface area contributed by atoms with Crippen LogP contribution in [0.15, 0.2) is 36.8 Å². The van der Waals surface area contributed by atoms with Crippen LogP contribution in [-0.2, 0) is 4.74 Å². The third-order valence-corrected chi connectivity index (χ3v) is 9.15. The molecule has 2 aliphatic heterocycles. The number of hydrogen-bond donors (Lipinski definition) is 2. The van der Waals surface area contributed by atoms with Crippen molar-refractivity contribution in [1.29, 1.82) is 0 Å². The fraction of sp³-hybridized carbons (Fsp3) is 0.536. The van der Waals surface area contributed by atoms with Crippen LogP contribution in [-0.4, -0.2) is 60.5 Å². The van der Waals surface area contributed by atoms with E-state index in [1.165, 1.54) is 6.33 Å². The minimum Gasteiger partial charge on any atom is -0.491 e. The Kier molecular flexibility index (Phi) is 4.99. The van der Waals surface area contributed by atoms with Gasteiger partial charge >= 0.3 is 6.09 Å². The summed E-state index contributed by atoms with van der Waals surface area (Å²) in [6.45, 7) is 2.62. The van der Waals surface area contributed by atoms with E-state index in [0.717, 1.165) is 79.3 Å². The van der Waals surface area contributed by atoms with E-state index in [2.05, 4.69) is 26.8 Å². The van der Waals surface area contributed by atoms with Gasteiger partial charge in [-0.3, -0.25) is 4.90 Å². The molecule has 9 nitrogen and oxygen atoms in total. The third kappa shape index (κ3) is 3.74. The maximum Gasteiger partial charge on any atom is 0.408 e. The van der Waals surface area contributed by atoms with Gasteiger partial charge in [-0.1, -0.05) is 12.1 Å². The van der Waals surface area contributed by atoms with Gasteiger partial charge in [-0.05, 0) is 76.0 Å². The summed E-state index contributed by atoms with van der Waals surface area (Å²) in [5.41, 5.74) is 8.77. The van der Waals surface area contributed by atoms with Gasteiger partial charge in [0.25, 0.3) is 0 Å². The molecule has 2 aromatic heterocycles. The van der Waals surface area contributed by atoms with E-state index in [-0.39, 0.29) is 23.2 Å². The van der Waals surface area contributed by atoms with Crippen LogP contribution in [0.4, 0.5) is 10.6 Å². The Morgan fingerprint density at radius 2 is 2.03 bits per heavy atom. The first-order valence-corrected chi connectivity index (χ1v) is 13.4. The molecule has 3 aromatic rings. The van der Waals surface area contributed by atoms with Gasteiger partial charge in [0.05, 0.1) is 11.5 Å². The standard InChI is InChI=1S/C28H33N5O4/c1-27(9-10-27)33(26(34)35)19-12-18(13-19)32-14-22(23-24(29)30-16-31-25(23)32)17-3-2-4-21(11-17)36-15-28-7-5-20(37-28)6-8-28/h2-4,11,14,16,18-20H,5-10,12-13,15H2,1H3,(H,34,35)(H2,29,30,31). The summed E-state index contributed by atoms with van der Waals surface area (Å²) in [6.07, 6.45) is 11.0. The van der Waals surface area contributed by atoms with Gasteiger partial charge in [0.15, 0.2) is 0 Å². The lowest BCUT2D eigenvalue weighted by molar-refractivity contribution is -0.0198. The highest BCUT2D eigenvalue weighted by molar-refractivity contribution is 6.00. The Labute approximate surface area is 215 Å². The quantitative estimate of drug-likeness (QED) is 0.466. The van der Waals surface area contributed by atoms with Crippen molar-refractivity contribution in [2.24, 2.45) is 0 Å². The molecule has 194 valence electrons. The molecule has 3 N–H and O–H groups in total. The molecule has 0 unspecified atom stereocenters. The number of nitrogens with zero attached hydrogens (tertiary/aromatic N) is 4. The van der Waals surface area contributed by atoms with Crippen LogP contribution in [0.25, 0.3) is 22.2 Å². The van der Waals surface area contributed by atoms with Gasteiger partial charge in [-0.25, -0.2) is 14.8 Å². The number of fused-ring (bicyclic) bond motifs is 3. The van der Waals surface area contributed by atoms with Crippen LogP contribution in [0.5, 0.6) is 5.75 Å². The van der Waals surface area contributed by atoms with Crippen molar-refractivity contribution in [3.63, 3.8) is 0 Å². The molecule has 0 atom stereocenters. The van der Waals surface area contributed by atoms with E-state index in [1.807, 2.05) is 25.1 Å². The van der Waals surface area contributed by atoms with Crippen LogP contribution in [0.2, 0.25) is 0 Å². The lowest BCUT2D eigenvalue weighted by atomic mass is 9.84. The number of aromatic nitrogens is 3. The van der Waals surface area contributed by atoms with E-state index in [4.69, 9.17) is 15.2 Å². The first kappa shape index (κ1) is 22.8. The SMILES string of the molecule is CC1(N(C(=O)O)C2CC(n3cc(-c4cccc(OCC56CCC(CC5)O6)c4)c4c(N)ncnc43)C2)CC1. The monoisotopic (exact) mass is 503 g/mol. The Morgan fingerprint density at radius 1 is 1.24 bits per heavy atom. The van der Waals surface area contributed by atoms with Crippen molar-refractivity contribution in [3.05, 3.63) is 36.8 Å². The zero-order chi connectivity index (χ0) is 25.4. The second-order valence-corrected chi connectivity index (χ2v) is 11.7. The molecule has 2 saturated carbocycles. The molecule has 2 aliphatic carbocycles. The molecular formula is C28H33N5O4. The number of hydrogen-bond acceptors (Lipinski definition) is 6. The van der Waals surface area contributed by atoms with E-state index in [9.17, 15) is 9.90 Å². The van der Waals surface area contributed by atoms with E-state index in [0.29, 0.717) is 18.5 Å². The molecule has 1 amide bonds. The van der Waals surface area contributed by atoms with Crippen molar-refractivity contribution < 1.29 is 19.4 Å². The predicted molar refractivity (Wildman–Crippen MR) is 139 cm³/mol. The predicted octanol–water partition coefficient (Wildman–Crippen LogP) is 5.01. The molecule has 4 aliphatic rings. The van der Waals surface area contributed by atoms with Gasteiger partial charge in [-0.15, -0.1) is 0 Å². The summed E-state index contributed by atoms with van der Waals surface area (Å²) in [5, 5.41) is 10.7. The highest BCUT2D eigenvalue weighted by Crippen LogP contribution is 2.49. The Hall–Kier alpha value is -3.33. The molecule has 7 rings (SSSR count). The molecule has 2 saturated heterocycles. The molecule has 1 aromatic carbocycles. The average Bonchev–Trinajstić information content (AvgIpc) is 3.22. The van der Waals surface area contributed by atoms with Gasteiger partial charge in [0.2, 0.25) is 0 Å².